The van der Waals surface area contributed by atoms with Crippen LogP contribution in [0.1, 0.15) is 55.1 Å². The predicted molar refractivity (Wildman–Crippen MR) is 93.0 cm³/mol. The van der Waals surface area contributed by atoms with Crippen LogP contribution in [0.15, 0.2) is 47.1 Å². The molecule has 1 amide bonds. The summed E-state index contributed by atoms with van der Waals surface area (Å²) in [5.41, 5.74) is 0.776. The van der Waals surface area contributed by atoms with E-state index in [1.165, 1.54) is 19.3 Å². The molecule has 1 N–H and O–H groups in total. The van der Waals surface area contributed by atoms with Crippen LogP contribution in [0, 0.1) is 5.92 Å². The molecule has 1 fully saturated rings. The molecule has 24 heavy (non-hydrogen) atoms. The van der Waals surface area contributed by atoms with E-state index in [0.717, 1.165) is 30.1 Å². The summed E-state index contributed by atoms with van der Waals surface area (Å²) in [6.45, 7) is 2.57. The van der Waals surface area contributed by atoms with Gasteiger partial charge >= 0.3 is 0 Å². The van der Waals surface area contributed by atoms with Gasteiger partial charge in [0.1, 0.15) is 12.4 Å². The summed E-state index contributed by atoms with van der Waals surface area (Å²) in [5, 5.41) is 3.12. The van der Waals surface area contributed by atoms with Crippen molar-refractivity contribution < 1.29 is 13.9 Å². The number of carbonyl (C=O) groups excluding carboxylic acids is 1. The number of furan rings is 1. The van der Waals surface area contributed by atoms with Gasteiger partial charge in [-0.25, -0.2) is 0 Å². The smallest absolute Gasteiger partial charge is 0.287 e. The van der Waals surface area contributed by atoms with Crippen molar-refractivity contribution in [2.75, 3.05) is 0 Å². The quantitative estimate of drug-likeness (QED) is 0.846. The third kappa shape index (κ3) is 4.19. The lowest BCUT2D eigenvalue weighted by Crippen LogP contribution is -2.37. The number of hydrogen-bond acceptors (Lipinski definition) is 3. The number of nitrogens with one attached hydrogen (secondary N) is 1. The van der Waals surface area contributed by atoms with Crippen molar-refractivity contribution in [3.63, 3.8) is 0 Å². The van der Waals surface area contributed by atoms with Crippen molar-refractivity contribution in [1.82, 2.24) is 5.32 Å². The number of carbonyl (C=O) groups is 1. The second-order valence-electron chi connectivity index (χ2n) is 6.48. The van der Waals surface area contributed by atoms with Crippen molar-refractivity contribution in [1.29, 1.82) is 0 Å². The van der Waals surface area contributed by atoms with Gasteiger partial charge in [0, 0.05) is 11.6 Å². The van der Waals surface area contributed by atoms with E-state index in [0.29, 0.717) is 12.4 Å². The summed E-state index contributed by atoms with van der Waals surface area (Å²) in [4.78, 5) is 12.5. The van der Waals surface area contributed by atoms with Crippen LogP contribution in [0.3, 0.4) is 0 Å². The molecule has 4 nitrogen and oxygen atoms in total. The zero-order valence-electron chi connectivity index (χ0n) is 14.2. The Morgan fingerprint density at radius 1 is 1.17 bits per heavy atom. The maximum atomic E-state index is 12.5. The Balaban J connectivity index is 1.55. The Kier molecular flexibility index (Phi) is 5.57. The van der Waals surface area contributed by atoms with Crippen LogP contribution in [0.2, 0.25) is 0 Å². The molecule has 1 aliphatic rings. The second-order valence-corrected chi connectivity index (χ2v) is 6.48. The van der Waals surface area contributed by atoms with Crippen LogP contribution in [0.4, 0.5) is 0 Å². The topological polar surface area (TPSA) is 51.5 Å². The highest BCUT2D eigenvalue weighted by Gasteiger charge is 2.24. The predicted octanol–water partition coefficient (Wildman–Crippen LogP) is 4.56. The van der Waals surface area contributed by atoms with Crippen molar-refractivity contribution >= 4 is 5.91 Å². The first-order chi connectivity index (χ1) is 11.8. The average molecular weight is 327 g/mol. The van der Waals surface area contributed by atoms with E-state index in [1.807, 2.05) is 30.3 Å². The third-order valence-corrected chi connectivity index (χ3v) is 4.85. The fraction of sp³-hybridized carbons (Fsp3) is 0.450. The lowest BCUT2D eigenvalue weighted by molar-refractivity contribution is 0.0890. The Morgan fingerprint density at radius 3 is 2.62 bits per heavy atom. The van der Waals surface area contributed by atoms with Crippen LogP contribution in [-0.2, 0) is 6.61 Å². The molecule has 1 aromatic heterocycles. The first kappa shape index (κ1) is 16.6. The summed E-state index contributed by atoms with van der Waals surface area (Å²) in [5.74, 6) is 1.83. The van der Waals surface area contributed by atoms with Crippen molar-refractivity contribution in [2.24, 2.45) is 5.92 Å². The normalized spacial score (nSPS) is 20.5. The molecule has 0 saturated heterocycles. The second kappa shape index (κ2) is 8.04. The molecule has 0 aliphatic heterocycles. The zero-order valence-corrected chi connectivity index (χ0v) is 14.2. The largest absolute Gasteiger partial charge is 0.489 e. The summed E-state index contributed by atoms with van der Waals surface area (Å²) >= 11 is 0. The van der Waals surface area contributed by atoms with Crippen molar-refractivity contribution in [3.8, 4) is 5.75 Å². The monoisotopic (exact) mass is 327 g/mol. The van der Waals surface area contributed by atoms with Gasteiger partial charge in [-0.2, -0.15) is 0 Å². The molecule has 0 bridgehead atoms. The number of ether oxygens (including phenoxy) is 1. The number of benzene rings is 1. The summed E-state index contributed by atoms with van der Waals surface area (Å²) < 4.78 is 11.1. The van der Waals surface area contributed by atoms with Crippen molar-refractivity contribution in [2.45, 2.75) is 51.7 Å². The molecule has 1 aromatic carbocycles. The molecule has 2 aromatic rings. The van der Waals surface area contributed by atoms with E-state index in [-0.39, 0.29) is 11.9 Å². The summed E-state index contributed by atoms with van der Waals surface area (Å²) in [6.07, 6.45) is 7.29. The van der Waals surface area contributed by atoms with E-state index < -0.39 is 0 Å². The lowest BCUT2D eigenvalue weighted by Gasteiger charge is -2.28. The van der Waals surface area contributed by atoms with Crippen LogP contribution in [-0.4, -0.2) is 11.9 Å². The summed E-state index contributed by atoms with van der Waals surface area (Å²) in [7, 11) is 0. The number of amides is 1. The van der Waals surface area contributed by atoms with Gasteiger partial charge in [0.05, 0.1) is 6.26 Å². The van der Waals surface area contributed by atoms with Crippen LogP contribution in [0.25, 0.3) is 0 Å². The number of rotatable bonds is 6. The van der Waals surface area contributed by atoms with Gasteiger partial charge < -0.3 is 14.5 Å². The molecule has 128 valence electrons. The standard InChI is InChI=1S/C20H25NO3/c1-2-15-8-10-17(11-9-15)21-20(22)19-16(12-13-23-19)14-24-18-6-4-3-5-7-18/h3-7,12-13,15,17H,2,8-11,14H2,1H3,(H,21,22). The molecular weight excluding hydrogens is 302 g/mol. The van der Waals surface area contributed by atoms with Gasteiger partial charge in [-0.1, -0.05) is 31.5 Å². The fourth-order valence-electron chi connectivity index (χ4n) is 3.29. The summed E-state index contributed by atoms with van der Waals surface area (Å²) in [6, 6.07) is 11.6. The SMILES string of the molecule is CCC1CCC(NC(=O)c2occc2COc2ccccc2)CC1. The van der Waals surface area contributed by atoms with Gasteiger partial charge in [0.2, 0.25) is 0 Å². The Bertz CT molecular complexity index is 642. The van der Waals surface area contributed by atoms with Gasteiger partial charge in [0.25, 0.3) is 5.91 Å². The van der Waals surface area contributed by atoms with E-state index in [1.54, 1.807) is 12.3 Å². The average Bonchev–Trinajstić information content (AvgIpc) is 3.10. The van der Waals surface area contributed by atoms with Crippen LogP contribution >= 0.6 is 0 Å². The highest BCUT2D eigenvalue weighted by Crippen LogP contribution is 2.27. The highest BCUT2D eigenvalue weighted by molar-refractivity contribution is 5.93. The minimum Gasteiger partial charge on any atom is -0.489 e. The molecule has 1 saturated carbocycles. The van der Waals surface area contributed by atoms with E-state index in [4.69, 9.17) is 9.15 Å². The minimum absolute atomic E-state index is 0.133. The molecule has 1 heterocycles. The van der Waals surface area contributed by atoms with Crippen LogP contribution in [0.5, 0.6) is 5.75 Å². The molecule has 0 spiro atoms. The van der Waals surface area contributed by atoms with Gasteiger partial charge in [-0.05, 0) is 49.8 Å². The van der Waals surface area contributed by atoms with Gasteiger partial charge in [-0.15, -0.1) is 0 Å². The first-order valence-electron chi connectivity index (χ1n) is 8.81. The van der Waals surface area contributed by atoms with E-state index >= 15 is 0 Å². The lowest BCUT2D eigenvalue weighted by atomic mass is 9.84. The molecule has 4 heteroatoms. The Hall–Kier alpha value is -2.23. The molecule has 0 radical (unpaired) electrons. The fourth-order valence-corrected chi connectivity index (χ4v) is 3.29. The molecule has 0 unspecified atom stereocenters. The highest BCUT2D eigenvalue weighted by atomic mass is 16.5. The zero-order chi connectivity index (χ0) is 16.8. The Labute approximate surface area is 143 Å². The van der Waals surface area contributed by atoms with Crippen molar-refractivity contribution in [3.05, 3.63) is 54.0 Å². The van der Waals surface area contributed by atoms with Gasteiger partial charge in [0.15, 0.2) is 5.76 Å². The van der Waals surface area contributed by atoms with E-state index in [2.05, 4.69) is 12.2 Å². The third-order valence-electron chi connectivity index (χ3n) is 4.85. The Morgan fingerprint density at radius 2 is 1.92 bits per heavy atom. The molecule has 3 rings (SSSR count). The minimum atomic E-state index is -0.133. The maximum absolute atomic E-state index is 12.5. The molecular formula is C20H25NO3. The number of hydrogen-bond donors (Lipinski definition) is 1. The maximum Gasteiger partial charge on any atom is 0.287 e. The molecule has 1 aliphatic carbocycles. The van der Waals surface area contributed by atoms with Crippen LogP contribution < -0.4 is 10.1 Å². The first-order valence-corrected chi connectivity index (χ1v) is 8.81. The molecule has 0 atom stereocenters. The number of para-hydroxylation sites is 1. The van der Waals surface area contributed by atoms with E-state index in [9.17, 15) is 4.79 Å². The van der Waals surface area contributed by atoms with Gasteiger partial charge in [-0.3, -0.25) is 4.79 Å².